The van der Waals surface area contributed by atoms with Crippen LogP contribution in [0.5, 0.6) is 0 Å². The molecule has 0 radical (unpaired) electrons. The Kier molecular flexibility index (Phi) is 2.44. The zero-order chi connectivity index (χ0) is 11.8. The number of amides is 1. The van der Waals surface area contributed by atoms with Crippen LogP contribution in [0.1, 0.15) is 23.1 Å². The van der Waals surface area contributed by atoms with E-state index in [1.807, 2.05) is 12.1 Å². The van der Waals surface area contributed by atoms with E-state index in [4.69, 9.17) is 12.2 Å². The summed E-state index contributed by atoms with van der Waals surface area (Å²) in [7, 11) is 0. The van der Waals surface area contributed by atoms with Crippen molar-refractivity contribution in [3.05, 3.63) is 40.6 Å². The second-order valence-corrected chi connectivity index (χ2v) is 4.76. The Morgan fingerprint density at radius 1 is 1.18 bits per heavy atom. The van der Waals surface area contributed by atoms with Crippen LogP contribution in [0.25, 0.3) is 6.08 Å². The first-order chi connectivity index (χ1) is 8.22. The number of fused-ring (bicyclic) bond motifs is 1. The van der Waals surface area contributed by atoms with Gasteiger partial charge >= 0.3 is 0 Å². The molecule has 0 bridgehead atoms. The lowest BCUT2D eigenvalue weighted by Gasteiger charge is -2.01. The Labute approximate surface area is 105 Å². The zero-order valence-electron chi connectivity index (χ0n) is 9.25. The number of aryl methyl sites for hydroxylation is 2. The molecule has 2 N–H and O–H groups in total. The Balaban J connectivity index is 1.93. The number of benzene rings is 1. The van der Waals surface area contributed by atoms with Gasteiger partial charge in [-0.3, -0.25) is 10.1 Å². The van der Waals surface area contributed by atoms with E-state index in [0.29, 0.717) is 10.8 Å². The lowest BCUT2D eigenvalue weighted by molar-refractivity contribution is -0.115. The van der Waals surface area contributed by atoms with E-state index in [9.17, 15) is 4.79 Å². The fraction of sp³-hybridized carbons (Fsp3) is 0.231. The van der Waals surface area contributed by atoms with Crippen molar-refractivity contribution in [3.63, 3.8) is 0 Å². The van der Waals surface area contributed by atoms with Gasteiger partial charge in [0, 0.05) is 0 Å². The maximum atomic E-state index is 11.5. The molecule has 1 aliphatic heterocycles. The highest BCUT2D eigenvalue weighted by Gasteiger charge is 2.20. The van der Waals surface area contributed by atoms with E-state index >= 15 is 0 Å². The van der Waals surface area contributed by atoms with Gasteiger partial charge in [-0.25, -0.2) is 0 Å². The molecular weight excluding hydrogens is 232 g/mol. The van der Waals surface area contributed by atoms with Gasteiger partial charge in [0.1, 0.15) is 5.70 Å². The molecule has 1 heterocycles. The number of hydrogen-bond acceptors (Lipinski definition) is 2. The molecule has 0 spiro atoms. The number of nitrogens with one attached hydrogen (secondary N) is 2. The molecule has 1 aromatic rings. The fourth-order valence-electron chi connectivity index (χ4n) is 2.33. The summed E-state index contributed by atoms with van der Waals surface area (Å²) < 4.78 is 0. The Hall–Kier alpha value is -1.68. The molecule has 0 aromatic heterocycles. The van der Waals surface area contributed by atoms with Gasteiger partial charge in [0.05, 0.1) is 0 Å². The van der Waals surface area contributed by atoms with E-state index in [1.165, 1.54) is 24.0 Å². The first-order valence-corrected chi connectivity index (χ1v) is 6.09. The molecule has 3 rings (SSSR count). The van der Waals surface area contributed by atoms with Crippen LogP contribution in [0.4, 0.5) is 0 Å². The highest BCUT2D eigenvalue weighted by Crippen LogP contribution is 2.23. The largest absolute Gasteiger partial charge is 0.328 e. The summed E-state index contributed by atoms with van der Waals surface area (Å²) in [5.41, 5.74) is 4.41. The molecule has 1 amide bonds. The molecule has 86 valence electrons. The minimum atomic E-state index is -0.157. The first-order valence-electron chi connectivity index (χ1n) is 5.68. The van der Waals surface area contributed by atoms with Crippen molar-refractivity contribution in [2.24, 2.45) is 0 Å². The smallest absolute Gasteiger partial charge is 0.273 e. The molecule has 1 saturated heterocycles. The van der Waals surface area contributed by atoms with Gasteiger partial charge in [-0.15, -0.1) is 0 Å². The fourth-order valence-corrected chi connectivity index (χ4v) is 2.53. The van der Waals surface area contributed by atoms with Gasteiger partial charge in [0.2, 0.25) is 0 Å². The van der Waals surface area contributed by atoms with E-state index in [0.717, 1.165) is 12.0 Å². The maximum absolute atomic E-state index is 11.5. The third kappa shape index (κ3) is 1.96. The standard InChI is InChI=1S/C13H12N2OS/c16-12-11(14-13(17)15-12)7-8-4-5-9-2-1-3-10(9)6-8/h4-7H,1-3H2,(H2,14,15,16,17)/b11-7-. The van der Waals surface area contributed by atoms with Gasteiger partial charge in [-0.1, -0.05) is 18.2 Å². The first kappa shape index (κ1) is 10.5. The molecule has 4 heteroatoms. The van der Waals surface area contributed by atoms with Crippen molar-refractivity contribution in [3.8, 4) is 0 Å². The van der Waals surface area contributed by atoms with Crippen molar-refractivity contribution in [2.45, 2.75) is 19.3 Å². The molecule has 0 unspecified atom stereocenters. The van der Waals surface area contributed by atoms with Crippen molar-refractivity contribution in [1.82, 2.24) is 10.6 Å². The molecule has 3 nitrogen and oxygen atoms in total. The van der Waals surface area contributed by atoms with Crippen LogP contribution in [0.15, 0.2) is 23.9 Å². The maximum Gasteiger partial charge on any atom is 0.273 e. The molecule has 1 aliphatic carbocycles. The molecule has 2 aliphatic rings. The monoisotopic (exact) mass is 244 g/mol. The molecule has 1 aromatic carbocycles. The summed E-state index contributed by atoms with van der Waals surface area (Å²) in [6, 6.07) is 6.36. The van der Waals surface area contributed by atoms with Crippen LogP contribution in [0.2, 0.25) is 0 Å². The van der Waals surface area contributed by atoms with Crippen molar-refractivity contribution in [1.29, 1.82) is 0 Å². The summed E-state index contributed by atoms with van der Waals surface area (Å²) in [6.45, 7) is 0. The quantitative estimate of drug-likeness (QED) is 0.581. The molecule has 17 heavy (non-hydrogen) atoms. The van der Waals surface area contributed by atoms with Crippen LogP contribution in [0.3, 0.4) is 0 Å². The molecule has 0 saturated carbocycles. The number of thiocarbonyl (C=S) groups is 1. The second-order valence-electron chi connectivity index (χ2n) is 4.35. The van der Waals surface area contributed by atoms with Crippen LogP contribution in [-0.2, 0) is 17.6 Å². The number of rotatable bonds is 1. The summed E-state index contributed by atoms with van der Waals surface area (Å²) in [6.07, 6.45) is 5.39. The number of hydrogen-bond donors (Lipinski definition) is 2. The minimum Gasteiger partial charge on any atom is -0.328 e. The normalized spacial score (nSPS) is 20.4. The molecular formula is C13H12N2OS. The van der Waals surface area contributed by atoms with Gasteiger partial charge in [-0.2, -0.15) is 0 Å². The van der Waals surface area contributed by atoms with Crippen LogP contribution in [-0.4, -0.2) is 11.0 Å². The lowest BCUT2D eigenvalue weighted by Crippen LogP contribution is -2.21. The Morgan fingerprint density at radius 3 is 2.76 bits per heavy atom. The Bertz CT molecular complexity index is 548. The Morgan fingerprint density at radius 2 is 2.00 bits per heavy atom. The summed E-state index contributed by atoms with van der Waals surface area (Å²) >= 11 is 4.88. The van der Waals surface area contributed by atoms with E-state index in [1.54, 1.807) is 0 Å². The number of carbonyl (C=O) groups excluding carboxylic acids is 1. The van der Waals surface area contributed by atoms with Gasteiger partial charge in [0.15, 0.2) is 5.11 Å². The van der Waals surface area contributed by atoms with Crippen LogP contribution < -0.4 is 10.6 Å². The van der Waals surface area contributed by atoms with Crippen molar-refractivity contribution >= 4 is 29.3 Å². The van der Waals surface area contributed by atoms with Crippen molar-refractivity contribution < 1.29 is 4.79 Å². The average molecular weight is 244 g/mol. The van der Waals surface area contributed by atoms with Gasteiger partial charge in [0.25, 0.3) is 5.91 Å². The van der Waals surface area contributed by atoms with E-state index in [-0.39, 0.29) is 5.91 Å². The molecule has 0 atom stereocenters. The van der Waals surface area contributed by atoms with Crippen LogP contribution in [0, 0.1) is 0 Å². The highest BCUT2D eigenvalue weighted by molar-refractivity contribution is 7.80. The number of carbonyl (C=O) groups is 1. The average Bonchev–Trinajstić information content (AvgIpc) is 2.85. The summed E-state index contributed by atoms with van der Waals surface area (Å²) in [4.78, 5) is 11.5. The summed E-state index contributed by atoms with van der Waals surface area (Å²) in [5.74, 6) is -0.157. The summed E-state index contributed by atoms with van der Waals surface area (Å²) in [5, 5.41) is 5.78. The SMILES string of the molecule is O=C1NC(=S)N/C1=C\c1ccc2c(c1)CCC2. The van der Waals surface area contributed by atoms with Gasteiger partial charge < -0.3 is 5.32 Å². The third-order valence-electron chi connectivity index (χ3n) is 3.15. The highest BCUT2D eigenvalue weighted by atomic mass is 32.1. The predicted octanol–water partition coefficient (Wildman–Crippen LogP) is 1.52. The third-order valence-corrected chi connectivity index (χ3v) is 3.36. The second kappa shape index (κ2) is 3.96. The van der Waals surface area contributed by atoms with Crippen LogP contribution >= 0.6 is 12.2 Å². The van der Waals surface area contributed by atoms with E-state index in [2.05, 4.69) is 22.8 Å². The minimum absolute atomic E-state index is 0.157. The topological polar surface area (TPSA) is 41.1 Å². The van der Waals surface area contributed by atoms with E-state index < -0.39 is 0 Å². The predicted molar refractivity (Wildman–Crippen MR) is 70.3 cm³/mol. The van der Waals surface area contributed by atoms with Crippen molar-refractivity contribution in [2.75, 3.05) is 0 Å². The lowest BCUT2D eigenvalue weighted by atomic mass is 10.1. The zero-order valence-corrected chi connectivity index (χ0v) is 10.1. The van der Waals surface area contributed by atoms with Gasteiger partial charge in [-0.05, 0) is 54.2 Å². The molecule has 1 fully saturated rings.